The highest BCUT2D eigenvalue weighted by molar-refractivity contribution is 5.79. The summed E-state index contributed by atoms with van der Waals surface area (Å²) < 4.78 is 26.2. The van der Waals surface area contributed by atoms with Crippen molar-refractivity contribution >= 4 is 12.2 Å². The molecule has 1 aliphatic heterocycles. The minimum Gasteiger partial charge on any atom is -0.448 e. The maximum Gasteiger partial charge on any atom is 0.421 e. The fraction of sp³-hybridized carbons (Fsp3) is 0.389. The highest BCUT2D eigenvalue weighted by Crippen LogP contribution is 2.44. The van der Waals surface area contributed by atoms with Gasteiger partial charge in [-0.25, -0.2) is 29.1 Å². The standard InChI is InChI=1S/C36H42FN7O4/c1-24(25-13-14-32(38-19-25)44-21-26(37)20-40-44)39-23-36(15-17-43(18-16-36)34(46)48-35(2,3)4)42-41-33(45)47-22-31-29-11-7-5-9-27(29)28-10-6-8-12-30(28)31/h5-14,19-21,24,31,39,42H,15-18,22-23H2,1-4H3,(H,41,45)/t24-/m0/s1. The van der Waals surface area contributed by atoms with Gasteiger partial charge in [0.2, 0.25) is 0 Å². The largest absolute Gasteiger partial charge is 0.448 e. The van der Waals surface area contributed by atoms with Crippen LogP contribution in [-0.4, -0.2) is 69.2 Å². The zero-order chi connectivity index (χ0) is 33.9. The number of carbonyl (C=O) groups is 2. The Morgan fingerprint density at radius 3 is 2.25 bits per heavy atom. The van der Waals surface area contributed by atoms with Crippen molar-refractivity contribution in [3.8, 4) is 16.9 Å². The van der Waals surface area contributed by atoms with Crippen LogP contribution in [0.15, 0.2) is 79.3 Å². The number of aromatic nitrogens is 3. The molecule has 0 bridgehead atoms. The zero-order valence-electron chi connectivity index (χ0n) is 27.7. The molecule has 3 N–H and O–H groups in total. The number of nitrogens with one attached hydrogen (secondary N) is 3. The van der Waals surface area contributed by atoms with Gasteiger partial charge in [-0.05, 0) is 74.4 Å². The van der Waals surface area contributed by atoms with E-state index in [-0.39, 0.29) is 24.7 Å². The lowest BCUT2D eigenvalue weighted by Gasteiger charge is -2.43. The summed E-state index contributed by atoms with van der Waals surface area (Å²) in [5.74, 6) is 0.0249. The number of ether oxygens (including phenoxy) is 2. The zero-order valence-corrected chi connectivity index (χ0v) is 27.7. The van der Waals surface area contributed by atoms with Gasteiger partial charge < -0.3 is 19.7 Å². The summed E-state index contributed by atoms with van der Waals surface area (Å²) in [5, 5.41) is 7.53. The molecule has 3 heterocycles. The van der Waals surface area contributed by atoms with E-state index in [2.05, 4.69) is 50.5 Å². The van der Waals surface area contributed by atoms with Crippen LogP contribution in [0, 0.1) is 5.82 Å². The second-order valence-electron chi connectivity index (χ2n) is 13.5. The van der Waals surface area contributed by atoms with Crippen LogP contribution in [0.5, 0.6) is 0 Å². The van der Waals surface area contributed by atoms with Crippen LogP contribution < -0.4 is 16.2 Å². The van der Waals surface area contributed by atoms with Gasteiger partial charge in [0.05, 0.1) is 17.9 Å². The molecule has 12 heteroatoms. The first-order chi connectivity index (χ1) is 23.0. The lowest BCUT2D eigenvalue weighted by molar-refractivity contribution is 0.0131. The molecule has 1 saturated heterocycles. The molecule has 11 nitrogen and oxygen atoms in total. The van der Waals surface area contributed by atoms with Crippen molar-refractivity contribution < 1.29 is 23.5 Å². The van der Waals surface area contributed by atoms with Crippen LogP contribution >= 0.6 is 0 Å². The van der Waals surface area contributed by atoms with Gasteiger partial charge >= 0.3 is 12.2 Å². The number of likely N-dealkylation sites (tertiary alicyclic amines) is 1. The number of piperidine rings is 1. The molecule has 252 valence electrons. The smallest absolute Gasteiger partial charge is 0.421 e. The normalized spacial score (nSPS) is 16.1. The third-order valence-corrected chi connectivity index (χ3v) is 8.95. The van der Waals surface area contributed by atoms with Crippen LogP contribution in [0.1, 0.15) is 69.2 Å². The van der Waals surface area contributed by atoms with Crippen molar-refractivity contribution in [1.82, 2.24) is 35.8 Å². The number of carbonyl (C=O) groups excluding carboxylic acids is 2. The number of nitrogens with zero attached hydrogens (tertiary/aromatic N) is 4. The van der Waals surface area contributed by atoms with Crippen LogP contribution in [0.3, 0.4) is 0 Å². The highest BCUT2D eigenvalue weighted by Gasteiger charge is 2.38. The summed E-state index contributed by atoms with van der Waals surface area (Å²) in [6.45, 7) is 9.13. The molecule has 1 atom stereocenters. The fourth-order valence-electron chi connectivity index (χ4n) is 6.29. The van der Waals surface area contributed by atoms with Crippen LogP contribution in [0.2, 0.25) is 0 Å². The third-order valence-electron chi connectivity index (χ3n) is 8.95. The van der Waals surface area contributed by atoms with Crippen molar-refractivity contribution in [1.29, 1.82) is 0 Å². The van der Waals surface area contributed by atoms with Gasteiger partial charge in [-0.2, -0.15) is 5.10 Å². The van der Waals surface area contributed by atoms with Crippen molar-refractivity contribution in [3.63, 3.8) is 0 Å². The number of halogens is 1. The van der Waals surface area contributed by atoms with Gasteiger partial charge in [0.1, 0.15) is 12.2 Å². The van der Waals surface area contributed by atoms with Crippen molar-refractivity contribution in [2.45, 2.75) is 63.6 Å². The summed E-state index contributed by atoms with van der Waals surface area (Å²) in [4.78, 5) is 32.1. The second kappa shape index (κ2) is 13.7. The van der Waals surface area contributed by atoms with Gasteiger partial charge in [0.15, 0.2) is 11.6 Å². The van der Waals surface area contributed by atoms with E-state index in [0.29, 0.717) is 38.3 Å². The Hall–Kier alpha value is -4.81. The molecule has 2 aromatic heterocycles. The number of hydrazine groups is 1. The van der Waals surface area contributed by atoms with E-state index < -0.39 is 23.1 Å². The Bertz CT molecular complexity index is 1700. The summed E-state index contributed by atoms with van der Waals surface area (Å²) in [6.07, 6.45) is 4.31. The van der Waals surface area contributed by atoms with Gasteiger partial charge in [-0.15, -0.1) is 0 Å². The highest BCUT2D eigenvalue weighted by atomic mass is 19.1. The summed E-state index contributed by atoms with van der Waals surface area (Å²) in [6, 6.07) is 20.0. The number of hydrogen-bond acceptors (Lipinski definition) is 8. The predicted octanol–water partition coefficient (Wildman–Crippen LogP) is 5.87. The summed E-state index contributed by atoms with van der Waals surface area (Å²) in [5.41, 5.74) is 10.4. The Kier molecular flexibility index (Phi) is 9.47. The Labute approximate surface area is 279 Å². The van der Waals surface area contributed by atoms with Gasteiger partial charge in [-0.3, -0.25) is 5.43 Å². The first kappa shape index (κ1) is 33.1. The van der Waals surface area contributed by atoms with E-state index >= 15 is 0 Å². The van der Waals surface area contributed by atoms with Gasteiger partial charge in [0.25, 0.3) is 0 Å². The molecular weight excluding hydrogens is 613 g/mol. The maximum absolute atomic E-state index is 13.4. The average Bonchev–Trinajstić information content (AvgIpc) is 3.66. The van der Waals surface area contributed by atoms with E-state index in [1.807, 2.05) is 58.0 Å². The molecular formula is C36H42FN7O4. The summed E-state index contributed by atoms with van der Waals surface area (Å²) >= 11 is 0. The topological polar surface area (TPSA) is 123 Å². The Morgan fingerprint density at radius 1 is 1.00 bits per heavy atom. The van der Waals surface area contributed by atoms with E-state index in [9.17, 15) is 14.0 Å². The molecule has 0 radical (unpaired) electrons. The van der Waals surface area contributed by atoms with E-state index in [1.165, 1.54) is 10.9 Å². The minimum absolute atomic E-state index is 0.0518. The molecule has 2 amide bonds. The van der Waals surface area contributed by atoms with Gasteiger partial charge in [-0.1, -0.05) is 54.6 Å². The lowest BCUT2D eigenvalue weighted by Crippen LogP contribution is -2.64. The third kappa shape index (κ3) is 7.50. The second-order valence-corrected chi connectivity index (χ2v) is 13.5. The first-order valence-electron chi connectivity index (χ1n) is 16.3. The van der Waals surface area contributed by atoms with Crippen molar-refractivity contribution in [3.05, 3.63) is 102 Å². The molecule has 4 aromatic rings. The Morgan fingerprint density at radius 2 is 1.67 bits per heavy atom. The number of hydrogen-bond donors (Lipinski definition) is 3. The minimum atomic E-state index is -0.596. The average molecular weight is 656 g/mol. The number of amides is 2. The SMILES string of the molecule is C[C@H](NCC1(NNC(=O)OCC2c3ccccc3-c3ccccc32)CCN(C(=O)OC(C)(C)C)CC1)c1ccc(-n2cc(F)cn2)nc1. The lowest BCUT2D eigenvalue weighted by atomic mass is 9.87. The molecule has 48 heavy (non-hydrogen) atoms. The maximum atomic E-state index is 13.4. The van der Waals surface area contributed by atoms with Gasteiger partial charge in [0, 0.05) is 37.8 Å². The number of fused-ring (bicyclic) bond motifs is 3. The Balaban J connectivity index is 1.09. The van der Waals surface area contributed by atoms with Crippen LogP contribution in [-0.2, 0) is 9.47 Å². The monoisotopic (exact) mass is 655 g/mol. The van der Waals surface area contributed by atoms with Crippen LogP contribution in [0.25, 0.3) is 16.9 Å². The first-order valence-corrected chi connectivity index (χ1v) is 16.3. The predicted molar refractivity (Wildman–Crippen MR) is 179 cm³/mol. The number of rotatable bonds is 9. The molecule has 0 spiro atoms. The molecule has 1 fully saturated rings. The fourth-order valence-corrected chi connectivity index (χ4v) is 6.29. The molecule has 2 aliphatic rings. The number of pyridine rings is 1. The number of benzene rings is 2. The molecule has 2 aromatic carbocycles. The van der Waals surface area contributed by atoms with Crippen LogP contribution in [0.4, 0.5) is 14.0 Å². The van der Waals surface area contributed by atoms with E-state index in [0.717, 1.165) is 34.0 Å². The molecule has 0 unspecified atom stereocenters. The molecule has 6 rings (SSSR count). The quantitative estimate of drug-likeness (QED) is 0.192. The summed E-state index contributed by atoms with van der Waals surface area (Å²) in [7, 11) is 0. The van der Waals surface area contributed by atoms with E-state index in [4.69, 9.17) is 9.47 Å². The van der Waals surface area contributed by atoms with Crippen molar-refractivity contribution in [2.75, 3.05) is 26.2 Å². The van der Waals surface area contributed by atoms with E-state index in [1.54, 1.807) is 17.2 Å². The molecule has 0 saturated carbocycles. The molecule has 1 aliphatic carbocycles. The van der Waals surface area contributed by atoms with Crippen molar-refractivity contribution in [2.24, 2.45) is 0 Å².